The van der Waals surface area contributed by atoms with Crippen LogP contribution in [0, 0.1) is 0 Å². The van der Waals surface area contributed by atoms with E-state index in [1.165, 1.54) is 11.1 Å². The number of carbonyl (C=O) groups excluding carboxylic acids is 1. The summed E-state index contributed by atoms with van der Waals surface area (Å²) < 4.78 is 13.5. The van der Waals surface area contributed by atoms with Gasteiger partial charge in [-0.05, 0) is 29.3 Å². The first-order valence-corrected chi connectivity index (χ1v) is 10.3. The summed E-state index contributed by atoms with van der Waals surface area (Å²) in [7, 11) is 0. The highest BCUT2D eigenvalue weighted by Gasteiger charge is 2.14. The van der Waals surface area contributed by atoms with Gasteiger partial charge in [0.1, 0.15) is 12.4 Å². The Balaban J connectivity index is 1.41. The lowest BCUT2D eigenvalue weighted by atomic mass is 9.92. The summed E-state index contributed by atoms with van der Waals surface area (Å²) >= 11 is 0. The molecule has 0 spiro atoms. The van der Waals surface area contributed by atoms with Gasteiger partial charge in [-0.15, -0.1) is 0 Å². The number of hydrogen-bond acceptors (Lipinski definition) is 4. The minimum absolute atomic E-state index is 0.174. The minimum Gasteiger partial charge on any atom is -0.546 e. The van der Waals surface area contributed by atoms with Crippen molar-refractivity contribution in [3.05, 3.63) is 102 Å². The van der Waals surface area contributed by atoms with Crippen LogP contribution in [0.15, 0.2) is 91.1 Å². The predicted octanol–water partition coefficient (Wildman–Crippen LogP) is 3.62. The normalized spacial score (nSPS) is 11.1. The first-order chi connectivity index (χ1) is 15.2. The largest absolute Gasteiger partial charge is 0.546 e. The van der Waals surface area contributed by atoms with E-state index in [2.05, 4.69) is 53.1 Å². The Bertz CT molecular complexity index is 1080. The molecule has 0 N–H and O–H groups in total. The van der Waals surface area contributed by atoms with Crippen LogP contribution in [0.1, 0.15) is 17.0 Å². The van der Waals surface area contributed by atoms with Crippen LogP contribution in [0.4, 0.5) is 0 Å². The molecule has 0 radical (unpaired) electrons. The van der Waals surface area contributed by atoms with Crippen LogP contribution < -0.4 is 9.84 Å². The minimum atomic E-state index is -1.24. The number of benzene rings is 3. The van der Waals surface area contributed by atoms with Crippen LogP contribution in [0.25, 0.3) is 10.9 Å². The van der Waals surface area contributed by atoms with E-state index in [1.54, 1.807) is 6.07 Å². The molecule has 5 heteroatoms. The maximum atomic E-state index is 10.7. The van der Waals surface area contributed by atoms with E-state index < -0.39 is 12.6 Å². The molecule has 3 aromatic carbocycles. The quantitative estimate of drug-likeness (QED) is 0.372. The number of nitrogens with zero attached hydrogens (tertiary/aromatic N) is 1. The second kappa shape index (κ2) is 9.96. The van der Waals surface area contributed by atoms with Crippen LogP contribution >= 0.6 is 0 Å². The molecular weight excluding hydrogens is 390 g/mol. The smallest absolute Gasteiger partial charge is 0.129 e. The van der Waals surface area contributed by atoms with Crippen molar-refractivity contribution in [2.75, 3.05) is 19.8 Å². The number of aliphatic carboxylic acids is 1. The third-order valence-corrected chi connectivity index (χ3v) is 5.28. The number of hydrogen-bond donors (Lipinski definition) is 0. The van der Waals surface area contributed by atoms with Crippen LogP contribution in [0.2, 0.25) is 0 Å². The summed E-state index contributed by atoms with van der Waals surface area (Å²) in [5.74, 6) is -0.528. The van der Waals surface area contributed by atoms with Gasteiger partial charge >= 0.3 is 0 Å². The van der Waals surface area contributed by atoms with Gasteiger partial charge in [0, 0.05) is 24.0 Å². The van der Waals surface area contributed by atoms with Gasteiger partial charge in [0.25, 0.3) is 0 Å². The molecule has 1 aromatic heterocycles. The van der Waals surface area contributed by atoms with Crippen LogP contribution in [0.5, 0.6) is 5.75 Å². The maximum absolute atomic E-state index is 10.7. The molecule has 4 aromatic rings. The lowest BCUT2D eigenvalue weighted by Gasteiger charge is -2.18. The molecule has 0 atom stereocenters. The fourth-order valence-electron chi connectivity index (χ4n) is 3.77. The predicted molar refractivity (Wildman–Crippen MR) is 118 cm³/mol. The van der Waals surface area contributed by atoms with Crippen molar-refractivity contribution in [1.29, 1.82) is 0 Å². The van der Waals surface area contributed by atoms with Crippen molar-refractivity contribution in [1.82, 2.24) is 4.57 Å². The second-order valence-electron chi connectivity index (χ2n) is 7.31. The molecule has 31 heavy (non-hydrogen) atoms. The molecule has 0 aliphatic rings. The Morgan fingerprint density at radius 2 is 1.55 bits per heavy atom. The number of rotatable bonds is 10. The molecular formula is C26H24NO4-. The second-order valence-corrected chi connectivity index (χ2v) is 7.31. The van der Waals surface area contributed by atoms with Crippen molar-refractivity contribution in [2.24, 2.45) is 0 Å². The zero-order valence-corrected chi connectivity index (χ0v) is 17.1. The molecule has 0 saturated heterocycles. The van der Waals surface area contributed by atoms with E-state index in [1.807, 2.05) is 36.5 Å². The molecule has 4 rings (SSSR count). The van der Waals surface area contributed by atoms with Crippen molar-refractivity contribution < 1.29 is 19.4 Å². The summed E-state index contributed by atoms with van der Waals surface area (Å²) in [6.45, 7) is 1.37. The topological polar surface area (TPSA) is 63.5 Å². The van der Waals surface area contributed by atoms with Gasteiger partial charge in [-0.2, -0.15) is 0 Å². The molecule has 5 nitrogen and oxygen atoms in total. The number of carboxylic acid groups (broad SMARTS) is 1. The Morgan fingerprint density at radius 1 is 0.871 bits per heavy atom. The molecule has 0 fully saturated rings. The number of carboxylic acids is 1. The van der Waals surface area contributed by atoms with E-state index in [4.69, 9.17) is 9.47 Å². The fraction of sp³-hybridized carbons (Fsp3) is 0.192. The molecule has 0 unspecified atom stereocenters. The fourth-order valence-corrected chi connectivity index (χ4v) is 3.77. The molecule has 0 aliphatic heterocycles. The van der Waals surface area contributed by atoms with Gasteiger partial charge in [-0.1, -0.05) is 66.7 Å². The first kappa shape index (κ1) is 20.7. The van der Waals surface area contributed by atoms with Crippen molar-refractivity contribution in [3.8, 4) is 5.75 Å². The molecule has 1 heterocycles. The van der Waals surface area contributed by atoms with Gasteiger partial charge in [-0.25, -0.2) is 0 Å². The molecule has 0 amide bonds. The lowest BCUT2D eigenvalue weighted by Crippen LogP contribution is -2.28. The summed E-state index contributed by atoms with van der Waals surface area (Å²) in [5, 5.41) is 11.6. The summed E-state index contributed by atoms with van der Waals surface area (Å²) in [6, 6.07) is 28.3. The van der Waals surface area contributed by atoms with Crippen LogP contribution in [-0.2, 0) is 16.1 Å². The van der Waals surface area contributed by atoms with Crippen molar-refractivity contribution in [2.45, 2.75) is 12.5 Å². The maximum Gasteiger partial charge on any atom is 0.129 e. The number of aromatic nitrogens is 1. The molecule has 0 saturated carbocycles. The lowest BCUT2D eigenvalue weighted by molar-refractivity contribution is -0.307. The van der Waals surface area contributed by atoms with E-state index in [0.29, 0.717) is 25.5 Å². The number of ether oxygens (including phenoxy) is 2. The van der Waals surface area contributed by atoms with Gasteiger partial charge in [0.15, 0.2) is 0 Å². The van der Waals surface area contributed by atoms with Gasteiger partial charge in [-0.3, -0.25) is 0 Å². The van der Waals surface area contributed by atoms with Crippen LogP contribution in [-0.4, -0.2) is 30.4 Å². The molecule has 0 aliphatic carbocycles. The van der Waals surface area contributed by atoms with E-state index in [9.17, 15) is 9.90 Å². The molecule has 158 valence electrons. The zero-order valence-electron chi connectivity index (χ0n) is 17.1. The Morgan fingerprint density at radius 3 is 2.19 bits per heavy atom. The third-order valence-electron chi connectivity index (χ3n) is 5.28. The SMILES string of the molecule is O=C([O-])COc1cccc2c1ccn2CCOCC(c1ccccc1)c1ccccc1. The summed E-state index contributed by atoms with van der Waals surface area (Å²) in [5.41, 5.74) is 3.44. The first-order valence-electron chi connectivity index (χ1n) is 10.3. The highest BCUT2D eigenvalue weighted by molar-refractivity contribution is 5.86. The average molecular weight is 414 g/mol. The highest BCUT2D eigenvalue weighted by Crippen LogP contribution is 2.27. The van der Waals surface area contributed by atoms with Gasteiger partial charge in [0.05, 0.1) is 24.7 Å². The highest BCUT2D eigenvalue weighted by atomic mass is 16.5. The standard InChI is InChI=1S/C26H25NO4/c28-26(29)19-31-25-13-7-12-24-22(25)14-15-27(24)16-17-30-18-23(20-8-3-1-4-9-20)21-10-5-2-6-11-21/h1-15,23H,16-19H2,(H,28,29)/p-1. The Labute approximate surface area is 181 Å². The molecule has 0 bridgehead atoms. The van der Waals surface area contributed by atoms with E-state index in [0.717, 1.165) is 10.9 Å². The monoisotopic (exact) mass is 414 g/mol. The number of fused-ring (bicyclic) bond motifs is 1. The summed E-state index contributed by atoms with van der Waals surface area (Å²) in [6.07, 6.45) is 1.96. The van der Waals surface area contributed by atoms with E-state index >= 15 is 0 Å². The number of carbonyl (C=O) groups is 1. The Kier molecular flexibility index (Phi) is 6.65. The van der Waals surface area contributed by atoms with Crippen LogP contribution in [0.3, 0.4) is 0 Å². The van der Waals surface area contributed by atoms with Gasteiger partial charge in [0.2, 0.25) is 0 Å². The summed E-state index contributed by atoms with van der Waals surface area (Å²) in [4.78, 5) is 10.7. The zero-order chi connectivity index (χ0) is 21.5. The Hall–Kier alpha value is -3.57. The average Bonchev–Trinajstić information content (AvgIpc) is 3.22. The third kappa shape index (κ3) is 5.13. The van der Waals surface area contributed by atoms with E-state index in [-0.39, 0.29) is 5.92 Å². The van der Waals surface area contributed by atoms with Crippen molar-refractivity contribution >= 4 is 16.9 Å². The van der Waals surface area contributed by atoms with Crippen molar-refractivity contribution in [3.63, 3.8) is 0 Å². The van der Waals surface area contributed by atoms with Gasteiger partial charge < -0.3 is 23.9 Å².